The Bertz CT molecular complexity index is 619. The second-order valence-electron chi connectivity index (χ2n) is 7.81. The van der Waals surface area contributed by atoms with Gasteiger partial charge in [-0.05, 0) is 13.3 Å². The first kappa shape index (κ1) is 18.1. The molecular weight excluding hydrogens is 348 g/mol. The number of carbonyl (C=O) groups is 1. The molecule has 4 rings (SSSR count). The molecule has 0 radical (unpaired) electrons. The third-order valence-electron chi connectivity index (χ3n) is 6.41. The van der Waals surface area contributed by atoms with E-state index in [-0.39, 0.29) is 29.9 Å². The van der Waals surface area contributed by atoms with Crippen LogP contribution in [0.2, 0.25) is 0 Å². The standard InChI is InChI=1S/C17H24O9/c1-17-11(26-17)2-6-7(16(22)23)5-24-8(12(6)17)3-9-13(19)15(21)14(20)10(4-18)25-9/h5-6,8-15,18-21H,2-4H2,1H3,(H,22,23). The molecule has 5 N–H and O–H groups in total. The minimum Gasteiger partial charge on any atom is -0.497 e. The van der Waals surface area contributed by atoms with Gasteiger partial charge in [0.25, 0.3) is 0 Å². The number of aliphatic hydroxyl groups is 4. The fourth-order valence-electron chi connectivity index (χ4n) is 4.92. The smallest absolute Gasteiger partial charge is 0.334 e. The van der Waals surface area contributed by atoms with Crippen LogP contribution in [0.3, 0.4) is 0 Å². The molecule has 2 saturated heterocycles. The third kappa shape index (κ3) is 2.57. The summed E-state index contributed by atoms with van der Waals surface area (Å²) in [4.78, 5) is 11.5. The first-order chi connectivity index (χ1) is 12.3. The van der Waals surface area contributed by atoms with Crippen molar-refractivity contribution in [1.82, 2.24) is 0 Å². The van der Waals surface area contributed by atoms with Gasteiger partial charge in [-0.3, -0.25) is 0 Å². The molecule has 9 heteroatoms. The monoisotopic (exact) mass is 372 g/mol. The fourth-order valence-corrected chi connectivity index (χ4v) is 4.92. The highest BCUT2D eigenvalue weighted by Crippen LogP contribution is 2.61. The first-order valence-corrected chi connectivity index (χ1v) is 8.85. The molecule has 10 unspecified atom stereocenters. The lowest BCUT2D eigenvalue weighted by molar-refractivity contribution is -0.236. The van der Waals surface area contributed by atoms with Crippen LogP contribution in [0.5, 0.6) is 0 Å². The predicted molar refractivity (Wildman–Crippen MR) is 83.9 cm³/mol. The van der Waals surface area contributed by atoms with Crippen molar-refractivity contribution in [3.8, 4) is 0 Å². The summed E-state index contributed by atoms with van der Waals surface area (Å²) >= 11 is 0. The fraction of sp³-hybridized carbons (Fsp3) is 0.824. The van der Waals surface area contributed by atoms with Gasteiger partial charge in [-0.15, -0.1) is 0 Å². The number of hydrogen-bond acceptors (Lipinski definition) is 8. The molecular formula is C17H24O9. The van der Waals surface area contributed by atoms with Gasteiger partial charge in [-0.25, -0.2) is 4.79 Å². The number of ether oxygens (including phenoxy) is 3. The average molecular weight is 372 g/mol. The van der Waals surface area contributed by atoms with E-state index in [0.29, 0.717) is 6.42 Å². The van der Waals surface area contributed by atoms with Crippen LogP contribution in [-0.4, -0.2) is 86.4 Å². The molecule has 0 spiro atoms. The van der Waals surface area contributed by atoms with E-state index in [1.165, 1.54) is 6.26 Å². The Kier molecular flexibility index (Phi) is 4.29. The third-order valence-corrected chi connectivity index (χ3v) is 6.41. The van der Waals surface area contributed by atoms with Gasteiger partial charge in [0.2, 0.25) is 0 Å². The topological polar surface area (TPSA) is 149 Å². The van der Waals surface area contributed by atoms with Crippen molar-refractivity contribution >= 4 is 5.97 Å². The lowest BCUT2D eigenvalue weighted by atomic mass is 9.76. The Morgan fingerprint density at radius 3 is 2.54 bits per heavy atom. The summed E-state index contributed by atoms with van der Waals surface area (Å²) in [5.41, 5.74) is -0.254. The zero-order valence-corrected chi connectivity index (χ0v) is 14.3. The van der Waals surface area contributed by atoms with Crippen LogP contribution in [0.4, 0.5) is 0 Å². The highest BCUT2D eigenvalue weighted by Gasteiger charge is 2.70. The second kappa shape index (κ2) is 6.15. The van der Waals surface area contributed by atoms with E-state index in [0.717, 1.165) is 0 Å². The number of hydrogen-bond donors (Lipinski definition) is 5. The molecule has 0 amide bonds. The Balaban J connectivity index is 1.55. The van der Waals surface area contributed by atoms with Gasteiger partial charge in [0.05, 0.1) is 36.3 Å². The molecule has 3 heterocycles. The van der Waals surface area contributed by atoms with Crippen molar-refractivity contribution in [3.05, 3.63) is 11.8 Å². The Morgan fingerprint density at radius 1 is 1.19 bits per heavy atom. The lowest BCUT2D eigenvalue weighted by Gasteiger charge is -2.43. The van der Waals surface area contributed by atoms with Gasteiger partial charge in [0, 0.05) is 18.3 Å². The normalized spacial score (nSPS) is 52.5. The minimum atomic E-state index is -1.44. The summed E-state index contributed by atoms with van der Waals surface area (Å²) in [6, 6.07) is 0. The van der Waals surface area contributed by atoms with Crippen LogP contribution in [-0.2, 0) is 19.0 Å². The summed E-state index contributed by atoms with van der Waals surface area (Å²) in [6.45, 7) is 1.43. The van der Waals surface area contributed by atoms with Gasteiger partial charge in [0.1, 0.15) is 30.5 Å². The average Bonchev–Trinajstić information content (AvgIpc) is 3.16. The second-order valence-corrected chi connectivity index (χ2v) is 7.81. The van der Waals surface area contributed by atoms with Crippen molar-refractivity contribution < 1.29 is 44.5 Å². The summed E-state index contributed by atoms with van der Waals surface area (Å²) in [6.07, 6.45) is -4.49. The predicted octanol–water partition coefficient (Wildman–Crippen LogP) is -1.62. The largest absolute Gasteiger partial charge is 0.497 e. The van der Waals surface area contributed by atoms with E-state index in [1.807, 2.05) is 6.92 Å². The molecule has 26 heavy (non-hydrogen) atoms. The molecule has 0 aromatic heterocycles. The summed E-state index contributed by atoms with van der Waals surface area (Å²) in [7, 11) is 0. The number of aliphatic hydroxyl groups excluding tert-OH is 4. The van der Waals surface area contributed by atoms with Crippen LogP contribution in [0.25, 0.3) is 0 Å². The summed E-state index contributed by atoms with van der Waals surface area (Å²) < 4.78 is 17.0. The highest BCUT2D eigenvalue weighted by atomic mass is 16.6. The van der Waals surface area contributed by atoms with Crippen LogP contribution in [0, 0.1) is 11.8 Å². The van der Waals surface area contributed by atoms with Gasteiger partial charge < -0.3 is 39.7 Å². The zero-order chi connectivity index (χ0) is 18.8. The van der Waals surface area contributed by atoms with E-state index >= 15 is 0 Å². The Labute approximate surface area is 149 Å². The molecule has 0 aromatic carbocycles. The molecule has 4 aliphatic rings. The number of rotatable bonds is 4. The number of fused-ring (bicyclic) bond motifs is 3. The van der Waals surface area contributed by atoms with Crippen LogP contribution in [0.15, 0.2) is 11.8 Å². The summed E-state index contributed by atoms with van der Waals surface area (Å²) in [5.74, 6) is -1.44. The van der Waals surface area contributed by atoms with Crippen LogP contribution >= 0.6 is 0 Å². The maximum Gasteiger partial charge on any atom is 0.334 e. The van der Waals surface area contributed by atoms with E-state index in [2.05, 4.69) is 0 Å². The van der Waals surface area contributed by atoms with E-state index in [1.54, 1.807) is 0 Å². The van der Waals surface area contributed by atoms with Crippen molar-refractivity contribution in [2.75, 3.05) is 6.61 Å². The van der Waals surface area contributed by atoms with Gasteiger partial charge in [0.15, 0.2) is 0 Å². The van der Waals surface area contributed by atoms with E-state index < -0.39 is 54.8 Å². The molecule has 9 nitrogen and oxygen atoms in total. The minimum absolute atomic E-state index is 0.0146. The molecule has 1 saturated carbocycles. The molecule has 0 bridgehead atoms. The summed E-state index contributed by atoms with van der Waals surface area (Å²) in [5, 5.41) is 48.9. The lowest BCUT2D eigenvalue weighted by Crippen LogP contribution is -2.59. The molecule has 0 aromatic rings. The molecule has 146 valence electrons. The molecule has 3 fully saturated rings. The maximum atomic E-state index is 11.5. The Morgan fingerprint density at radius 2 is 1.88 bits per heavy atom. The number of aliphatic carboxylic acids is 1. The number of epoxide rings is 1. The van der Waals surface area contributed by atoms with Crippen molar-refractivity contribution in [1.29, 1.82) is 0 Å². The maximum absolute atomic E-state index is 11.5. The van der Waals surface area contributed by atoms with Gasteiger partial charge in [-0.2, -0.15) is 0 Å². The van der Waals surface area contributed by atoms with Crippen molar-refractivity contribution in [3.63, 3.8) is 0 Å². The Hall–Kier alpha value is -1.23. The van der Waals surface area contributed by atoms with Crippen molar-refractivity contribution in [2.24, 2.45) is 11.8 Å². The van der Waals surface area contributed by atoms with Crippen LogP contribution in [0.1, 0.15) is 19.8 Å². The highest BCUT2D eigenvalue weighted by molar-refractivity contribution is 5.87. The SMILES string of the molecule is CC12OC1CC1C(C(=O)O)=COC(CC3OC(CO)C(O)C(O)C3O)C12. The molecule has 3 aliphatic heterocycles. The van der Waals surface area contributed by atoms with Gasteiger partial charge >= 0.3 is 5.97 Å². The number of carboxylic acid groups (broad SMARTS) is 1. The zero-order valence-electron chi connectivity index (χ0n) is 14.3. The quantitative estimate of drug-likeness (QED) is 0.367. The molecule has 10 atom stereocenters. The van der Waals surface area contributed by atoms with Crippen LogP contribution < -0.4 is 0 Å². The van der Waals surface area contributed by atoms with E-state index in [9.17, 15) is 30.3 Å². The van der Waals surface area contributed by atoms with Gasteiger partial charge in [-0.1, -0.05) is 0 Å². The van der Waals surface area contributed by atoms with Crippen molar-refractivity contribution in [2.45, 2.75) is 68.1 Å². The number of carboxylic acids is 1. The molecule has 1 aliphatic carbocycles. The van der Waals surface area contributed by atoms with E-state index in [4.69, 9.17) is 14.2 Å². The first-order valence-electron chi connectivity index (χ1n) is 8.85.